The summed E-state index contributed by atoms with van der Waals surface area (Å²) >= 11 is 0. The minimum absolute atomic E-state index is 0.333. The lowest BCUT2D eigenvalue weighted by atomic mass is 10.1. The maximum absolute atomic E-state index is 13.8. The Balaban J connectivity index is 1.30. The topological polar surface area (TPSA) is 31.4 Å². The lowest BCUT2D eigenvalue weighted by Crippen LogP contribution is -2.00. The predicted molar refractivity (Wildman–Crippen MR) is 108 cm³/mol. The fourth-order valence-corrected chi connectivity index (χ4v) is 3.05. The number of nitrogens with zero attached hydrogens (tertiary/aromatic N) is 1. The Morgan fingerprint density at radius 2 is 1.57 bits per heavy atom. The Morgan fingerprint density at radius 1 is 0.786 bits per heavy atom. The van der Waals surface area contributed by atoms with Gasteiger partial charge in [0.25, 0.3) is 0 Å². The Bertz CT molecular complexity index is 1050. The number of benzene rings is 3. The Hall–Kier alpha value is -3.40. The highest BCUT2D eigenvalue weighted by Gasteiger charge is 2.07. The number of ether oxygens (including phenoxy) is 2. The van der Waals surface area contributed by atoms with E-state index in [9.17, 15) is 4.39 Å². The monoisotopic (exact) mass is 373 g/mol. The zero-order valence-corrected chi connectivity index (χ0v) is 15.3. The van der Waals surface area contributed by atoms with E-state index >= 15 is 0 Å². The number of para-hydroxylation sites is 2. The van der Waals surface area contributed by atoms with E-state index in [1.54, 1.807) is 18.3 Å². The molecule has 0 aliphatic heterocycles. The number of halogens is 1. The minimum Gasteiger partial charge on any atom is -0.493 e. The third-order valence-electron chi connectivity index (χ3n) is 4.45. The first-order valence-electron chi connectivity index (χ1n) is 9.27. The van der Waals surface area contributed by atoms with Crippen LogP contribution in [0.1, 0.15) is 12.0 Å². The van der Waals surface area contributed by atoms with Crippen LogP contribution in [0.15, 0.2) is 85.1 Å². The molecule has 0 unspecified atom stereocenters. The number of pyridine rings is 1. The van der Waals surface area contributed by atoms with Crippen LogP contribution in [0.3, 0.4) is 0 Å². The molecule has 4 rings (SSSR count). The van der Waals surface area contributed by atoms with Gasteiger partial charge in [-0.2, -0.15) is 0 Å². The molecule has 4 aromatic rings. The van der Waals surface area contributed by atoms with Gasteiger partial charge < -0.3 is 9.47 Å². The van der Waals surface area contributed by atoms with Crippen LogP contribution in [0.5, 0.6) is 17.2 Å². The summed E-state index contributed by atoms with van der Waals surface area (Å²) in [7, 11) is 0. The molecule has 0 fully saturated rings. The summed E-state index contributed by atoms with van der Waals surface area (Å²) in [5.41, 5.74) is 1.56. The Labute approximate surface area is 163 Å². The lowest BCUT2D eigenvalue weighted by Gasteiger charge is -2.10. The maximum Gasteiger partial charge on any atom is 0.149 e. The van der Waals surface area contributed by atoms with E-state index in [4.69, 9.17) is 9.47 Å². The van der Waals surface area contributed by atoms with E-state index in [1.165, 1.54) is 11.6 Å². The predicted octanol–water partition coefficient (Wildman–Crippen LogP) is 6.18. The molecule has 3 aromatic carbocycles. The molecule has 0 bridgehead atoms. The first-order valence-corrected chi connectivity index (χ1v) is 9.27. The molecule has 0 amide bonds. The van der Waals surface area contributed by atoms with Gasteiger partial charge in [-0.3, -0.25) is 4.98 Å². The van der Waals surface area contributed by atoms with Gasteiger partial charge in [0.2, 0.25) is 0 Å². The van der Waals surface area contributed by atoms with E-state index < -0.39 is 0 Å². The van der Waals surface area contributed by atoms with Crippen molar-refractivity contribution in [3.05, 3.63) is 96.4 Å². The fraction of sp³-hybridized carbons (Fsp3) is 0.125. The molecule has 0 atom stereocenters. The molecule has 140 valence electrons. The van der Waals surface area contributed by atoms with Crippen LogP contribution in [0, 0.1) is 5.82 Å². The molecule has 0 radical (unpaired) electrons. The molecule has 4 heteroatoms. The van der Waals surface area contributed by atoms with Gasteiger partial charge in [0.15, 0.2) is 0 Å². The third kappa shape index (κ3) is 4.29. The maximum atomic E-state index is 13.8. The zero-order chi connectivity index (χ0) is 19.2. The van der Waals surface area contributed by atoms with Crippen molar-refractivity contribution in [3.63, 3.8) is 0 Å². The molecule has 3 nitrogen and oxygen atoms in total. The van der Waals surface area contributed by atoms with E-state index in [0.29, 0.717) is 23.3 Å². The van der Waals surface area contributed by atoms with Crippen molar-refractivity contribution in [1.82, 2.24) is 4.98 Å². The summed E-state index contributed by atoms with van der Waals surface area (Å²) < 4.78 is 25.5. The number of rotatable bonds is 7. The molecule has 1 heterocycles. The van der Waals surface area contributed by atoms with Crippen molar-refractivity contribution in [3.8, 4) is 17.2 Å². The Morgan fingerprint density at radius 3 is 2.39 bits per heavy atom. The molecule has 0 saturated carbocycles. The summed E-state index contributed by atoms with van der Waals surface area (Å²) in [6, 6.07) is 24.5. The molecular formula is C24H20FNO2. The first-order chi connectivity index (χ1) is 13.8. The quantitative estimate of drug-likeness (QED) is 0.363. The van der Waals surface area contributed by atoms with Crippen LogP contribution in [0.4, 0.5) is 4.39 Å². The zero-order valence-electron chi connectivity index (χ0n) is 15.3. The number of aryl methyl sites for hydroxylation is 1. The van der Waals surface area contributed by atoms with Crippen molar-refractivity contribution in [2.45, 2.75) is 12.8 Å². The molecule has 28 heavy (non-hydrogen) atoms. The van der Waals surface area contributed by atoms with Gasteiger partial charge in [-0.05, 0) is 60.9 Å². The summed E-state index contributed by atoms with van der Waals surface area (Å²) in [4.78, 5) is 4.09. The van der Waals surface area contributed by atoms with Crippen molar-refractivity contribution in [2.75, 3.05) is 6.61 Å². The highest BCUT2D eigenvalue weighted by Crippen LogP contribution is 2.26. The number of aromatic nitrogens is 1. The van der Waals surface area contributed by atoms with Gasteiger partial charge in [-0.1, -0.05) is 36.4 Å². The van der Waals surface area contributed by atoms with Crippen LogP contribution >= 0.6 is 0 Å². The molecule has 0 aliphatic rings. The SMILES string of the molecule is Fc1cccc2c(OCCCc3ccc(Oc4ccccc4)cc3)ccnc12. The van der Waals surface area contributed by atoms with Crippen molar-refractivity contribution in [1.29, 1.82) is 0 Å². The third-order valence-corrected chi connectivity index (χ3v) is 4.45. The smallest absolute Gasteiger partial charge is 0.149 e. The summed E-state index contributed by atoms with van der Waals surface area (Å²) in [6.07, 6.45) is 3.33. The van der Waals surface area contributed by atoms with Gasteiger partial charge in [-0.15, -0.1) is 0 Å². The molecule has 0 spiro atoms. The van der Waals surface area contributed by atoms with Gasteiger partial charge in [0.05, 0.1) is 6.61 Å². The van der Waals surface area contributed by atoms with Crippen LogP contribution < -0.4 is 9.47 Å². The average molecular weight is 373 g/mol. The highest BCUT2D eigenvalue weighted by atomic mass is 19.1. The molecule has 0 saturated heterocycles. The summed E-state index contributed by atoms with van der Waals surface area (Å²) in [5, 5.41) is 0.699. The fourth-order valence-electron chi connectivity index (χ4n) is 3.05. The van der Waals surface area contributed by atoms with E-state index in [0.717, 1.165) is 24.3 Å². The van der Waals surface area contributed by atoms with E-state index in [-0.39, 0.29) is 5.82 Å². The minimum atomic E-state index is -0.333. The Kier molecular flexibility index (Phi) is 5.48. The second-order valence-electron chi connectivity index (χ2n) is 6.46. The number of hydrogen-bond acceptors (Lipinski definition) is 3. The van der Waals surface area contributed by atoms with Gasteiger partial charge in [0, 0.05) is 11.6 Å². The first kappa shape index (κ1) is 18.0. The normalized spacial score (nSPS) is 10.8. The van der Waals surface area contributed by atoms with Gasteiger partial charge in [-0.25, -0.2) is 4.39 Å². The second kappa shape index (κ2) is 8.53. The van der Waals surface area contributed by atoms with Crippen LogP contribution in [0.2, 0.25) is 0 Å². The largest absolute Gasteiger partial charge is 0.493 e. The van der Waals surface area contributed by atoms with Crippen LogP contribution in [-0.4, -0.2) is 11.6 Å². The average Bonchev–Trinajstić information content (AvgIpc) is 2.74. The molecule has 1 aromatic heterocycles. The van der Waals surface area contributed by atoms with E-state index in [1.807, 2.05) is 48.5 Å². The molecular weight excluding hydrogens is 353 g/mol. The van der Waals surface area contributed by atoms with Crippen molar-refractivity contribution >= 4 is 10.9 Å². The summed E-state index contributed by atoms with van der Waals surface area (Å²) in [6.45, 7) is 0.553. The lowest BCUT2D eigenvalue weighted by molar-refractivity contribution is 0.314. The number of hydrogen-bond donors (Lipinski definition) is 0. The van der Waals surface area contributed by atoms with Gasteiger partial charge >= 0.3 is 0 Å². The van der Waals surface area contributed by atoms with Gasteiger partial charge in [0.1, 0.15) is 28.6 Å². The van der Waals surface area contributed by atoms with Crippen molar-refractivity contribution in [2.24, 2.45) is 0 Å². The van der Waals surface area contributed by atoms with Crippen molar-refractivity contribution < 1.29 is 13.9 Å². The molecule has 0 aliphatic carbocycles. The standard InChI is InChI=1S/C24H20FNO2/c25-22-10-4-9-21-23(15-16-26-24(21)22)27-17-5-6-18-11-13-20(14-12-18)28-19-7-2-1-3-8-19/h1-4,7-16H,5-6,17H2. The summed E-state index contributed by atoms with van der Waals surface area (Å²) in [5.74, 6) is 1.97. The molecule has 0 N–H and O–H groups in total. The van der Waals surface area contributed by atoms with Crippen LogP contribution in [-0.2, 0) is 6.42 Å². The van der Waals surface area contributed by atoms with Crippen LogP contribution in [0.25, 0.3) is 10.9 Å². The number of fused-ring (bicyclic) bond motifs is 1. The second-order valence-corrected chi connectivity index (χ2v) is 6.46. The van der Waals surface area contributed by atoms with E-state index in [2.05, 4.69) is 17.1 Å². The highest BCUT2D eigenvalue weighted by molar-refractivity contribution is 5.85.